The summed E-state index contributed by atoms with van der Waals surface area (Å²) in [5.41, 5.74) is 1.05. The van der Waals surface area contributed by atoms with Crippen LogP contribution in [0.3, 0.4) is 0 Å². The molecule has 1 aliphatic rings. The highest BCUT2D eigenvalue weighted by Crippen LogP contribution is 2.30. The summed E-state index contributed by atoms with van der Waals surface area (Å²) in [6.07, 6.45) is 2.36. The number of benzene rings is 1. The number of carbonyl (C=O) groups excluding carboxylic acids is 2. The molecular formula is C15H16N4O2S2. The number of hydrogen-bond donors (Lipinski definition) is 2. The summed E-state index contributed by atoms with van der Waals surface area (Å²) in [7, 11) is 0. The van der Waals surface area contributed by atoms with Crippen molar-refractivity contribution >= 4 is 45.6 Å². The minimum Gasteiger partial charge on any atom is -0.357 e. The fourth-order valence-corrected chi connectivity index (χ4v) is 3.57. The standard InChI is InChI=1S/C15H16N4O2S2/c1-9(20)11-4-2-3-5-12(11)17-13(21)8-22-15-19-18-14(23-15)16-10-6-7-10/h2-5,10H,6-8H2,1H3,(H,16,18)(H,17,21). The summed E-state index contributed by atoms with van der Waals surface area (Å²) in [6, 6.07) is 7.52. The zero-order valence-electron chi connectivity index (χ0n) is 12.5. The third-order valence-electron chi connectivity index (χ3n) is 3.22. The van der Waals surface area contributed by atoms with Crippen molar-refractivity contribution in [3.63, 3.8) is 0 Å². The molecule has 0 spiro atoms. The van der Waals surface area contributed by atoms with Gasteiger partial charge in [0.05, 0.1) is 11.4 Å². The number of rotatable bonds is 7. The van der Waals surface area contributed by atoms with Crippen LogP contribution in [-0.2, 0) is 4.79 Å². The molecule has 0 unspecified atom stereocenters. The summed E-state index contributed by atoms with van der Waals surface area (Å²) < 4.78 is 0.753. The molecule has 8 heteroatoms. The second kappa shape index (κ2) is 7.10. The van der Waals surface area contributed by atoms with Crippen molar-refractivity contribution in [1.29, 1.82) is 0 Å². The van der Waals surface area contributed by atoms with E-state index in [1.54, 1.807) is 24.3 Å². The molecule has 1 amide bonds. The van der Waals surface area contributed by atoms with Crippen LogP contribution in [0.1, 0.15) is 30.1 Å². The van der Waals surface area contributed by atoms with Crippen LogP contribution >= 0.6 is 23.1 Å². The van der Waals surface area contributed by atoms with Crippen molar-refractivity contribution < 1.29 is 9.59 Å². The van der Waals surface area contributed by atoms with E-state index in [9.17, 15) is 9.59 Å². The van der Waals surface area contributed by atoms with Gasteiger partial charge in [-0.1, -0.05) is 35.2 Å². The Labute approximate surface area is 142 Å². The topological polar surface area (TPSA) is 84.0 Å². The first-order chi connectivity index (χ1) is 11.1. The van der Waals surface area contributed by atoms with Crippen LogP contribution in [0.15, 0.2) is 28.6 Å². The Morgan fingerprint density at radius 1 is 1.30 bits per heavy atom. The molecule has 6 nitrogen and oxygen atoms in total. The van der Waals surface area contributed by atoms with Gasteiger partial charge in [-0.15, -0.1) is 10.2 Å². The molecule has 23 heavy (non-hydrogen) atoms. The highest BCUT2D eigenvalue weighted by atomic mass is 32.2. The van der Waals surface area contributed by atoms with Gasteiger partial charge in [-0.05, 0) is 31.9 Å². The Morgan fingerprint density at radius 2 is 2.09 bits per heavy atom. The van der Waals surface area contributed by atoms with Gasteiger partial charge in [-0.3, -0.25) is 9.59 Å². The number of Topliss-reactive ketones (excluding diaryl/α,β-unsaturated/α-hetero) is 1. The SMILES string of the molecule is CC(=O)c1ccccc1NC(=O)CSc1nnc(NC2CC2)s1. The third kappa shape index (κ3) is 4.52. The fourth-order valence-electron chi connectivity index (χ4n) is 1.94. The van der Waals surface area contributed by atoms with E-state index < -0.39 is 0 Å². The van der Waals surface area contributed by atoms with Gasteiger partial charge < -0.3 is 10.6 Å². The molecule has 1 aromatic carbocycles. The first-order valence-electron chi connectivity index (χ1n) is 7.24. The first kappa shape index (κ1) is 15.9. The van der Waals surface area contributed by atoms with Gasteiger partial charge in [0.25, 0.3) is 0 Å². The lowest BCUT2D eigenvalue weighted by molar-refractivity contribution is -0.113. The van der Waals surface area contributed by atoms with Crippen LogP contribution in [0.4, 0.5) is 10.8 Å². The van der Waals surface area contributed by atoms with Crippen molar-refractivity contribution in [1.82, 2.24) is 10.2 Å². The van der Waals surface area contributed by atoms with Crippen LogP contribution in [-0.4, -0.2) is 33.7 Å². The fraction of sp³-hybridized carbons (Fsp3) is 0.333. The Balaban J connectivity index is 1.53. The summed E-state index contributed by atoms with van der Waals surface area (Å²) in [5, 5.41) is 15.0. The molecule has 1 heterocycles. The molecule has 0 aliphatic heterocycles. The average Bonchev–Trinajstić information content (AvgIpc) is 3.22. The maximum atomic E-state index is 12.1. The van der Waals surface area contributed by atoms with Gasteiger partial charge in [0, 0.05) is 11.6 Å². The number of aromatic nitrogens is 2. The molecule has 0 saturated heterocycles. The van der Waals surface area contributed by atoms with E-state index in [4.69, 9.17) is 0 Å². The number of amides is 1. The Kier molecular flexibility index (Phi) is 4.92. The first-order valence-corrected chi connectivity index (χ1v) is 9.04. The second-order valence-electron chi connectivity index (χ2n) is 5.23. The normalized spacial score (nSPS) is 13.6. The van der Waals surface area contributed by atoms with E-state index in [0.29, 0.717) is 17.3 Å². The maximum Gasteiger partial charge on any atom is 0.234 e. The van der Waals surface area contributed by atoms with Crippen LogP contribution in [0.25, 0.3) is 0 Å². The van der Waals surface area contributed by atoms with Crippen molar-refractivity contribution in [2.45, 2.75) is 30.1 Å². The highest BCUT2D eigenvalue weighted by Gasteiger charge is 2.22. The molecule has 120 valence electrons. The molecule has 1 saturated carbocycles. The summed E-state index contributed by atoms with van der Waals surface area (Å²) >= 11 is 2.79. The van der Waals surface area contributed by atoms with Crippen molar-refractivity contribution in [2.24, 2.45) is 0 Å². The Hall–Kier alpha value is -1.93. The summed E-state index contributed by atoms with van der Waals surface area (Å²) in [6.45, 7) is 1.48. The molecule has 0 bridgehead atoms. The molecule has 2 N–H and O–H groups in total. The number of nitrogens with zero attached hydrogens (tertiary/aromatic N) is 2. The maximum absolute atomic E-state index is 12.1. The molecule has 1 aliphatic carbocycles. The molecule has 3 rings (SSSR count). The van der Waals surface area contributed by atoms with Gasteiger partial charge >= 0.3 is 0 Å². The smallest absolute Gasteiger partial charge is 0.234 e. The van der Waals surface area contributed by atoms with Crippen molar-refractivity contribution in [3.05, 3.63) is 29.8 Å². The summed E-state index contributed by atoms with van der Waals surface area (Å²) in [4.78, 5) is 23.6. The van der Waals surface area contributed by atoms with Crippen LogP contribution in [0.5, 0.6) is 0 Å². The molecule has 0 radical (unpaired) electrons. The van der Waals surface area contributed by atoms with Gasteiger partial charge in [0.15, 0.2) is 10.1 Å². The third-order valence-corrected chi connectivity index (χ3v) is 5.21. The average molecular weight is 348 g/mol. The molecule has 2 aromatic rings. The second-order valence-corrected chi connectivity index (χ2v) is 7.43. The number of thioether (sulfide) groups is 1. The monoisotopic (exact) mass is 348 g/mol. The minimum absolute atomic E-state index is 0.0755. The van der Waals surface area contributed by atoms with Crippen LogP contribution < -0.4 is 10.6 Å². The Bertz CT molecular complexity index is 728. The largest absolute Gasteiger partial charge is 0.357 e. The number of carbonyl (C=O) groups is 2. The predicted octanol–water partition coefficient (Wildman–Crippen LogP) is 3.05. The molecule has 1 aromatic heterocycles. The molecule has 1 fully saturated rings. The van der Waals surface area contributed by atoms with E-state index >= 15 is 0 Å². The zero-order chi connectivity index (χ0) is 16.2. The quantitative estimate of drug-likeness (QED) is 0.591. The molecular weight excluding hydrogens is 332 g/mol. The number of para-hydroxylation sites is 1. The van der Waals surface area contributed by atoms with Crippen molar-refractivity contribution in [3.8, 4) is 0 Å². The van der Waals surface area contributed by atoms with E-state index in [1.165, 1.54) is 42.9 Å². The van der Waals surface area contributed by atoms with Crippen molar-refractivity contribution in [2.75, 3.05) is 16.4 Å². The number of nitrogens with one attached hydrogen (secondary N) is 2. The predicted molar refractivity (Wildman–Crippen MR) is 92.4 cm³/mol. The summed E-state index contributed by atoms with van der Waals surface area (Å²) in [5.74, 6) is -0.0197. The lowest BCUT2D eigenvalue weighted by Crippen LogP contribution is -2.16. The van der Waals surface area contributed by atoms with E-state index in [2.05, 4.69) is 20.8 Å². The highest BCUT2D eigenvalue weighted by molar-refractivity contribution is 8.01. The van der Waals surface area contributed by atoms with Gasteiger partial charge in [-0.25, -0.2) is 0 Å². The van der Waals surface area contributed by atoms with Crippen LogP contribution in [0, 0.1) is 0 Å². The van der Waals surface area contributed by atoms with E-state index in [-0.39, 0.29) is 17.4 Å². The van der Waals surface area contributed by atoms with E-state index in [0.717, 1.165) is 9.47 Å². The Morgan fingerprint density at radius 3 is 2.83 bits per heavy atom. The van der Waals surface area contributed by atoms with Gasteiger partial charge in [0.1, 0.15) is 0 Å². The zero-order valence-corrected chi connectivity index (χ0v) is 14.2. The number of anilines is 2. The lowest BCUT2D eigenvalue weighted by Gasteiger charge is -2.08. The van der Waals surface area contributed by atoms with Gasteiger partial charge in [0.2, 0.25) is 11.0 Å². The van der Waals surface area contributed by atoms with E-state index in [1.807, 2.05) is 0 Å². The number of ketones is 1. The minimum atomic E-state index is -0.171. The lowest BCUT2D eigenvalue weighted by atomic mass is 10.1. The molecule has 0 atom stereocenters. The number of hydrogen-bond acceptors (Lipinski definition) is 7. The van der Waals surface area contributed by atoms with Crippen LogP contribution in [0.2, 0.25) is 0 Å². The van der Waals surface area contributed by atoms with Gasteiger partial charge in [-0.2, -0.15) is 0 Å².